The predicted octanol–water partition coefficient (Wildman–Crippen LogP) is 2.59. The fourth-order valence-corrected chi connectivity index (χ4v) is 5.36. The molecule has 0 atom stereocenters. The third-order valence-corrected chi connectivity index (χ3v) is 7.15. The van der Waals surface area contributed by atoms with E-state index < -0.39 is 10.0 Å². The Morgan fingerprint density at radius 1 is 1.22 bits per heavy atom. The SMILES string of the molecule is CCN(CCN(C)C)S(=O)(=O)c1ccc(-c2c(C)noc2C)s1. The molecule has 0 N–H and O–H groups in total. The fraction of sp³-hybridized carbons (Fsp3) is 0.533. The first-order chi connectivity index (χ1) is 10.8. The highest BCUT2D eigenvalue weighted by Gasteiger charge is 2.26. The zero-order valence-corrected chi connectivity index (χ0v) is 15.8. The molecular formula is C15H23N3O3S2. The maximum absolute atomic E-state index is 12.8. The minimum atomic E-state index is -3.47. The number of hydrogen-bond acceptors (Lipinski definition) is 6. The van der Waals surface area contributed by atoms with E-state index in [1.165, 1.54) is 15.6 Å². The Labute approximate surface area is 141 Å². The minimum absolute atomic E-state index is 0.355. The van der Waals surface area contributed by atoms with E-state index in [-0.39, 0.29) is 0 Å². The molecule has 0 saturated carbocycles. The van der Waals surface area contributed by atoms with Crippen LogP contribution in [0.1, 0.15) is 18.4 Å². The summed E-state index contributed by atoms with van der Waals surface area (Å²) in [5.74, 6) is 0.702. The van der Waals surface area contributed by atoms with E-state index in [9.17, 15) is 8.42 Å². The first-order valence-corrected chi connectivity index (χ1v) is 9.71. The summed E-state index contributed by atoms with van der Waals surface area (Å²) in [4.78, 5) is 2.84. The van der Waals surface area contributed by atoms with Gasteiger partial charge in [0, 0.05) is 24.5 Å². The lowest BCUT2D eigenvalue weighted by Gasteiger charge is -2.21. The summed E-state index contributed by atoms with van der Waals surface area (Å²) >= 11 is 1.26. The van der Waals surface area contributed by atoms with Crippen LogP contribution in [0.15, 0.2) is 20.9 Å². The van der Waals surface area contributed by atoms with Crippen LogP contribution >= 0.6 is 11.3 Å². The van der Waals surface area contributed by atoms with Gasteiger partial charge in [0.2, 0.25) is 0 Å². The summed E-state index contributed by atoms with van der Waals surface area (Å²) in [5, 5.41) is 3.93. The summed E-state index contributed by atoms with van der Waals surface area (Å²) in [6.07, 6.45) is 0. The molecule has 128 valence electrons. The van der Waals surface area contributed by atoms with Crippen molar-refractivity contribution in [3.63, 3.8) is 0 Å². The Balaban J connectivity index is 2.31. The van der Waals surface area contributed by atoms with Crippen LogP contribution in [0.3, 0.4) is 0 Å². The molecule has 8 heteroatoms. The van der Waals surface area contributed by atoms with E-state index >= 15 is 0 Å². The van der Waals surface area contributed by atoms with Crippen LogP contribution in [0.4, 0.5) is 0 Å². The molecule has 0 spiro atoms. The Morgan fingerprint density at radius 3 is 2.43 bits per heavy atom. The van der Waals surface area contributed by atoms with Gasteiger partial charge in [-0.05, 0) is 40.1 Å². The second kappa shape index (κ2) is 7.12. The van der Waals surface area contributed by atoms with Crippen molar-refractivity contribution in [2.24, 2.45) is 0 Å². The standard InChI is InChI=1S/C15H23N3O3S2/c1-6-18(10-9-17(4)5)23(19,20)14-8-7-13(22-14)15-11(2)16-21-12(15)3/h7-8H,6,9-10H2,1-5H3. The topological polar surface area (TPSA) is 66.7 Å². The van der Waals surface area contributed by atoms with E-state index in [4.69, 9.17) is 4.52 Å². The maximum Gasteiger partial charge on any atom is 0.252 e. The van der Waals surface area contributed by atoms with Gasteiger partial charge in [0.1, 0.15) is 9.97 Å². The third-order valence-electron chi connectivity index (χ3n) is 3.60. The Bertz CT molecular complexity index is 743. The highest BCUT2D eigenvalue weighted by atomic mass is 32.2. The highest BCUT2D eigenvalue weighted by molar-refractivity contribution is 7.91. The summed E-state index contributed by atoms with van der Waals surface area (Å²) in [5.41, 5.74) is 1.65. The van der Waals surface area contributed by atoms with E-state index in [1.54, 1.807) is 6.07 Å². The van der Waals surface area contributed by atoms with Crippen molar-refractivity contribution >= 4 is 21.4 Å². The molecule has 0 fully saturated rings. The Morgan fingerprint density at radius 2 is 1.91 bits per heavy atom. The van der Waals surface area contributed by atoms with Crippen molar-refractivity contribution in [1.82, 2.24) is 14.4 Å². The van der Waals surface area contributed by atoms with Gasteiger partial charge >= 0.3 is 0 Å². The summed E-state index contributed by atoms with van der Waals surface area (Å²) in [6.45, 7) is 7.16. The predicted molar refractivity (Wildman–Crippen MR) is 92.3 cm³/mol. The van der Waals surface area contributed by atoms with Crippen LogP contribution in [0, 0.1) is 13.8 Å². The summed E-state index contributed by atoms with van der Waals surface area (Å²) < 4.78 is 32.6. The van der Waals surface area contributed by atoms with Crippen LogP contribution in [0.5, 0.6) is 0 Å². The van der Waals surface area contributed by atoms with E-state index in [0.717, 1.165) is 16.1 Å². The first-order valence-electron chi connectivity index (χ1n) is 7.45. The van der Waals surface area contributed by atoms with Gasteiger partial charge in [0.25, 0.3) is 10.0 Å². The van der Waals surface area contributed by atoms with Gasteiger partial charge in [-0.1, -0.05) is 12.1 Å². The maximum atomic E-state index is 12.8. The average molecular weight is 358 g/mol. The van der Waals surface area contributed by atoms with Gasteiger partial charge in [-0.25, -0.2) is 8.42 Å². The number of aromatic nitrogens is 1. The van der Waals surface area contributed by atoms with Crippen molar-refractivity contribution in [2.45, 2.75) is 25.0 Å². The normalized spacial score (nSPS) is 12.5. The van der Waals surface area contributed by atoms with Crippen LogP contribution in [0.2, 0.25) is 0 Å². The van der Waals surface area contributed by atoms with Gasteiger partial charge in [-0.15, -0.1) is 11.3 Å². The second-order valence-corrected chi connectivity index (χ2v) is 8.87. The molecule has 2 aromatic rings. The fourth-order valence-electron chi connectivity index (χ4n) is 2.31. The summed E-state index contributed by atoms with van der Waals surface area (Å²) in [6, 6.07) is 3.49. The monoisotopic (exact) mass is 357 g/mol. The lowest BCUT2D eigenvalue weighted by atomic mass is 10.2. The Kier molecular flexibility index (Phi) is 5.61. The largest absolute Gasteiger partial charge is 0.361 e. The first kappa shape index (κ1) is 18.1. The molecule has 2 rings (SSSR count). The lowest BCUT2D eigenvalue weighted by molar-refractivity contribution is 0.341. The number of thiophene rings is 1. The minimum Gasteiger partial charge on any atom is -0.361 e. The van der Waals surface area contributed by atoms with Gasteiger partial charge in [-0.3, -0.25) is 0 Å². The van der Waals surface area contributed by atoms with Crippen molar-refractivity contribution in [2.75, 3.05) is 33.7 Å². The van der Waals surface area contributed by atoms with Crippen LogP contribution < -0.4 is 0 Å². The van der Waals surface area contributed by atoms with Gasteiger partial charge in [-0.2, -0.15) is 4.31 Å². The molecule has 0 radical (unpaired) electrons. The van der Waals surface area contributed by atoms with E-state index in [1.807, 2.05) is 45.8 Å². The van der Waals surface area contributed by atoms with Gasteiger partial charge < -0.3 is 9.42 Å². The number of aryl methyl sites for hydroxylation is 2. The van der Waals surface area contributed by atoms with Crippen molar-refractivity contribution in [3.05, 3.63) is 23.6 Å². The zero-order chi connectivity index (χ0) is 17.2. The number of hydrogen-bond donors (Lipinski definition) is 0. The smallest absolute Gasteiger partial charge is 0.252 e. The molecule has 0 aliphatic heterocycles. The number of likely N-dealkylation sites (N-methyl/N-ethyl adjacent to an activating group) is 2. The lowest BCUT2D eigenvalue weighted by Crippen LogP contribution is -2.36. The molecule has 0 aromatic carbocycles. The van der Waals surface area contributed by atoms with Crippen molar-refractivity contribution in [1.29, 1.82) is 0 Å². The molecule has 2 aromatic heterocycles. The molecule has 2 heterocycles. The van der Waals surface area contributed by atoms with Crippen LogP contribution in [0.25, 0.3) is 10.4 Å². The quantitative estimate of drug-likeness (QED) is 0.762. The van der Waals surface area contributed by atoms with E-state index in [2.05, 4.69) is 5.16 Å². The van der Waals surface area contributed by atoms with Crippen LogP contribution in [-0.4, -0.2) is 56.5 Å². The van der Waals surface area contributed by atoms with Crippen LogP contribution in [-0.2, 0) is 10.0 Å². The molecule has 0 aliphatic rings. The van der Waals surface area contributed by atoms with E-state index in [0.29, 0.717) is 29.6 Å². The number of sulfonamides is 1. The molecule has 0 saturated heterocycles. The van der Waals surface area contributed by atoms with Gasteiger partial charge in [0.05, 0.1) is 11.3 Å². The highest BCUT2D eigenvalue weighted by Crippen LogP contribution is 2.35. The molecule has 0 unspecified atom stereocenters. The Hall–Kier alpha value is -1.22. The average Bonchev–Trinajstić information content (AvgIpc) is 3.06. The van der Waals surface area contributed by atoms with Gasteiger partial charge in [0.15, 0.2) is 0 Å². The molecule has 0 bridgehead atoms. The van der Waals surface area contributed by atoms with Crippen molar-refractivity contribution in [3.8, 4) is 10.4 Å². The summed E-state index contributed by atoms with van der Waals surface area (Å²) in [7, 11) is 0.395. The molecule has 6 nitrogen and oxygen atoms in total. The third kappa shape index (κ3) is 3.82. The number of rotatable bonds is 7. The molecular weight excluding hydrogens is 334 g/mol. The molecule has 23 heavy (non-hydrogen) atoms. The van der Waals surface area contributed by atoms with Crippen molar-refractivity contribution < 1.29 is 12.9 Å². The molecule has 0 amide bonds. The zero-order valence-electron chi connectivity index (χ0n) is 14.2. The number of nitrogens with zero attached hydrogens (tertiary/aromatic N) is 3. The second-order valence-electron chi connectivity index (χ2n) is 5.62. The molecule has 0 aliphatic carbocycles.